The molecule has 0 saturated carbocycles. The lowest BCUT2D eigenvalue weighted by Crippen LogP contribution is -2.27. The molecular weight excluding hydrogens is 549 g/mol. The summed E-state index contributed by atoms with van der Waals surface area (Å²) in [6.07, 6.45) is 2.60. The Balaban J connectivity index is 1.45. The zero-order valence-electron chi connectivity index (χ0n) is 24.0. The lowest BCUT2D eigenvalue weighted by Gasteiger charge is -2.17. The largest absolute Gasteiger partial charge is 0.493 e. The van der Waals surface area contributed by atoms with Crippen LogP contribution in [-0.4, -0.2) is 36.2 Å². The SMILES string of the molecule is COc1ccc(CCNC(=O)C[C@@H](c2ccc(F)cc2)c2cn(Cc3ccccc3)c3ccc([N+](=O)[O-])cc23)cc1OC. The molecule has 1 aromatic heterocycles. The second kappa shape index (κ2) is 13.2. The van der Waals surface area contributed by atoms with Crippen molar-refractivity contribution in [1.82, 2.24) is 9.88 Å². The number of aromatic nitrogens is 1. The number of halogens is 1. The van der Waals surface area contributed by atoms with Crippen molar-refractivity contribution in [2.75, 3.05) is 20.8 Å². The van der Waals surface area contributed by atoms with Gasteiger partial charge in [0.15, 0.2) is 11.5 Å². The predicted molar refractivity (Wildman–Crippen MR) is 163 cm³/mol. The van der Waals surface area contributed by atoms with E-state index in [1.54, 1.807) is 38.5 Å². The van der Waals surface area contributed by atoms with Crippen LogP contribution < -0.4 is 14.8 Å². The molecule has 0 spiro atoms. The molecule has 0 aliphatic heterocycles. The maximum Gasteiger partial charge on any atom is 0.270 e. The van der Waals surface area contributed by atoms with Crippen LogP contribution in [0.4, 0.5) is 10.1 Å². The molecule has 5 rings (SSSR count). The van der Waals surface area contributed by atoms with Gasteiger partial charge in [0.25, 0.3) is 5.69 Å². The van der Waals surface area contributed by atoms with Gasteiger partial charge in [-0.25, -0.2) is 4.39 Å². The second-order valence-corrected chi connectivity index (χ2v) is 10.3. The summed E-state index contributed by atoms with van der Waals surface area (Å²) in [6, 6.07) is 26.3. The average molecular weight is 582 g/mol. The summed E-state index contributed by atoms with van der Waals surface area (Å²) < 4.78 is 26.6. The number of amides is 1. The molecule has 4 aromatic carbocycles. The Morgan fingerprint density at radius 1 is 0.930 bits per heavy atom. The number of fused-ring (bicyclic) bond motifs is 1. The average Bonchev–Trinajstić information content (AvgIpc) is 3.37. The van der Waals surface area contributed by atoms with Crippen molar-refractivity contribution >= 4 is 22.5 Å². The van der Waals surface area contributed by atoms with E-state index in [4.69, 9.17) is 9.47 Å². The summed E-state index contributed by atoms with van der Waals surface area (Å²) in [6.45, 7) is 0.939. The highest BCUT2D eigenvalue weighted by molar-refractivity contribution is 5.88. The number of carbonyl (C=O) groups is 1. The molecule has 0 radical (unpaired) electrons. The van der Waals surface area contributed by atoms with E-state index in [0.29, 0.717) is 36.4 Å². The van der Waals surface area contributed by atoms with Gasteiger partial charge in [0.2, 0.25) is 5.91 Å². The van der Waals surface area contributed by atoms with Crippen LogP contribution in [0, 0.1) is 15.9 Å². The molecule has 8 nitrogen and oxygen atoms in total. The van der Waals surface area contributed by atoms with Crippen molar-refractivity contribution in [2.24, 2.45) is 0 Å². The van der Waals surface area contributed by atoms with Gasteiger partial charge < -0.3 is 19.4 Å². The van der Waals surface area contributed by atoms with Crippen molar-refractivity contribution in [3.63, 3.8) is 0 Å². The van der Waals surface area contributed by atoms with Crippen molar-refractivity contribution in [3.05, 3.63) is 135 Å². The fraction of sp³-hybridized carbons (Fsp3) is 0.206. The van der Waals surface area contributed by atoms with Gasteiger partial charge in [-0.05, 0) is 59.0 Å². The summed E-state index contributed by atoms with van der Waals surface area (Å²) in [7, 11) is 3.15. The van der Waals surface area contributed by atoms with E-state index in [1.165, 1.54) is 18.2 Å². The van der Waals surface area contributed by atoms with E-state index in [2.05, 4.69) is 5.32 Å². The number of ether oxygens (including phenoxy) is 2. The maximum atomic E-state index is 13.9. The molecule has 0 bridgehead atoms. The van der Waals surface area contributed by atoms with E-state index in [0.717, 1.165) is 27.8 Å². The number of carbonyl (C=O) groups excluding carboxylic acids is 1. The predicted octanol–water partition coefficient (Wildman–Crippen LogP) is 6.64. The third kappa shape index (κ3) is 6.83. The first kappa shape index (κ1) is 29.3. The molecule has 0 unspecified atom stereocenters. The Morgan fingerprint density at radius 3 is 2.37 bits per heavy atom. The van der Waals surface area contributed by atoms with Crippen molar-refractivity contribution in [3.8, 4) is 11.5 Å². The molecule has 1 heterocycles. The highest BCUT2D eigenvalue weighted by Gasteiger charge is 2.24. The number of nitro groups is 1. The molecule has 0 aliphatic carbocycles. The number of nitro benzene ring substituents is 1. The van der Waals surface area contributed by atoms with Gasteiger partial charge >= 0.3 is 0 Å². The van der Waals surface area contributed by atoms with Gasteiger partial charge in [-0.1, -0.05) is 48.5 Å². The number of rotatable bonds is 12. The van der Waals surface area contributed by atoms with Gasteiger partial charge in [-0.15, -0.1) is 0 Å². The molecule has 1 atom stereocenters. The van der Waals surface area contributed by atoms with E-state index in [9.17, 15) is 19.3 Å². The molecule has 1 N–H and O–H groups in total. The quantitative estimate of drug-likeness (QED) is 0.132. The summed E-state index contributed by atoms with van der Waals surface area (Å²) in [4.78, 5) is 24.6. The number of methoxy groups -OCH3 is 2. The Hall–Kier alpha value is -5.18. The summed E-state index contributed by atoms with van der Waals surface area (Å²) in [5, 5.41) is 15.4. The topological polar surface area (TPSA) is 95.6 Å². The molecule has 0 saturated heterocycles. The first-order valence-corrected chi connectivity index (χ1v) is 13.9. The monoisotopic (exact) mass is 581 g/mol. The zero-order valence-corrected chi connectivity index (χ0v) is 24.0. The Kier molecular flexibility index (Phi) is 9.00. The molecule has 220 valence electrons. The smallest absolute Gasteiger partial charge is 0.270 e. The van der Waals surface area contributed by atoms with Crippen molar-refractivity contribution < 1.29 is 23.6 Å². The van der Waals surface area contributed by atoms with Crippen LogP contribution in [-0.2, 0) is 17.8 Å². The number of hydrogen-bond donors (Lipinski definition) is 1. The number of benzene rings is 4. The first-order chi connectivity index (χ1) is 20.9. The normalized spacial score (nSPS) is 11.7. The molecule has 1 amide bonds. The van der Waals surface area contributed by atoms with E-state index < -0.39 is 10.8 Å². The molecule has 0 aliphatic rings. The van der Waals surface area contributed by atoms with Gasteiger partial charge in [-0.3, -0.25) is 14.9 Å². The van der Waals surface area contributed by atoms with Gasteiger partial charge in [0.05, 0.1) is 19.1 Å². The third-order valence-electron chi connectivity index (χ3n) is 7.52. The van der Waals surface area contributed by atoms with Crippen LogP contribution in [0.15, 0.2) is 97.2 Å². The summed E-state index contributed by atoms with van der Waals surface area (Å²) >= 11 is 0. The molecule has 5 aromatic rings. The Bertz CT molecular complexity index is 1740. The summed E-state index contributed by atoms with van der Waals surface area (Å²) in [5.74, 6) is 0.198. The second-order valence-electron chi connectivity index (χ2n) is 10.3. The number of non-ortho nitro benzene ring substituents is 1. The third-order valence-corrected chi connectivity index (χ3v) is 7.52. The first-order valence-electron chi connectivity index (χ1n) is 13.9. The van der Waals surface area contributed by atoms with Gasteiger partial charge in [0, 0.05) is 54.7 Å². The van der Waals surface area contributed by atoms with Crippen molar-refractivity contribution in [1.29, 1.82) is 0 Å². The highest BCUT2D eigenvalue weighted by Crippen LogP contribution is 2.37. The number of hydrogen-bond acceptors (Lipinski definition) is 5. The number of nitrogens with zero attached hydrogens (tertiary/aromatic N) is 2. The van der Waals surface area contributed by atoms with Crippen LogP contribution in [0.25, 0.3) is 10.9 Å². The Labute approximate surface area is 248 Å². The maximum absolute atomic E-state index is 13.9. The molecular formula is C34H32FN3O5. The van der Waals surface area contributed by atoms with E-state index in [1.807, 2.05) is 59.3 Å². The van der Waals surface area contributed by atoms with Crippen LogP contribution in [0.5, 0.6) is 11.5 Å². The molecule has 9 heteroatoms. The van der Waals surface area contributed by atoms with Gasteiger partial charge in [-0.2, -0.15) is 0 Å². The Morgan fingerprint density at radius 2 is 1.67 bits per heavy atom. The molecule has 43 heavy (non-hydrogen) atoms. The standard InChI is InChI=1S/C34H32FN3O5/c1-42-32-15-8-23(18-33(32)43-2)16-17-36-34(39)20-28(25-9-11-26(35)12-10-25)30-22-37(21-24-6-4-3-5-7-24)31-14-13-27(38(40)41)19-29(30)31/h3-15,18-19,22,28H,16-17,20-21H2,1-2H3,(H,36,39)/t28-/m0/s1. The zero-order chi connectivity index (χ0) is 30.3. The lowest BCUT2D eigenvalue weighted by atomic mass is 9.88. The minimum absolute atomic E-state index is 0.0385. The van der Waals surface area contributed by atoms with Crippen LogP contribution in [0.2, 0.25) is 0 Å². The van der Waals surface area contributed by atoms with E-state index >= 15 is 0 Å². The number of nitrogens with one attached hydrogen (secondary N) is 1. The van der Waals surface area contributed by atoms with Crippen LogP contribution in [0.1, 0.15) is 34.6 Å². The van der Waals surface area contributed by atoms with E-state index in [-0.39, 0.29) is 23.8 Å². The minimum atomic E-state index is -0.469. The van der Waals surface area contributed by atoms with Crippen LogP contribution >= 0.6 is 0 Å². The highest BCUT2D eigenvalue weighted by atomic mass is 19.1. The lowest BCUT2D eigenvalue weighted by molar-refractivity contribution is -0.384. The fourth-order valence-electron chi connectivity index (χ4n) is 5.36. The molecule has 0 fully saturated rings. The minimum Gasteiger partial charge on any atom is -0.493 e. The van der Waals surface area contributed by atoms with Gasteiger partial charge in [0.1, 0.15) is 5.82 Å². The summed E-state index contributed by atoms with van der Waals surface area (Å²) in [5.41, 5.74) is 4.31. The van der Waals surface area contributed by atoms with Crippen LogP contribution in [0.3, 0.4) is 0 Å². The van der Waals surface area contributed by atoms with Crippen molar-refractivity contribution in [2.45, 2.75) is 25.3 Å². The fourth-order valence-corrected chi connectivity index (χ4v) is 5.36.